The number of rotatable bonds is 5. The van der Waals surface area contributed by atoms with E-state index in [4.69, 9.17) is 4.74 Å². The molecule has 0 aliphatic heterocycles. The Morgan fingerprint density at radius 3 is 2.33 bits per heavy atom. The fourth-order valence-corrected chi connectivity index (χ4v) is 1.54. The third-order valence-corrected chi connectivity index (χ3v) is 2.28. The molecule has 1 aromatic rings. The fraction of sp³-hybridized carbons (Fsp3) is 0.533. The number of benzene rings is 1. The highest BCUT2D eigenvalue weighted by Crippen LogP contribution is 2.18. The zero-order valence-corrected chi connectivity index (χ0v) is 11.7. The molecule has 0 aromatic heterocycles. The summed E-state index contributed by atoms with van der Waals surface area (Å²) in [4.78, 5) is 11.5. The van der Waals surface area contributed by atoms with Gasteiger partial charge >= 0.3 is 0 Å². The van der Waals surface area contributed by atoms with Crippen LogP contribution in [0.5, 0.6) is 5.75 Å². The van der Waals surface area contributed by atoms with Gasteiger partial charge in [0.05, 0.1) is 6.42 Å². The molecule has 1 rings (SSSR count). The first-order valence-corrected chi connectivity index (χ1v) is 6.45. The van der Waals surface area contributed by atoms with Gasteiger partial charge in [0, 0.05) is 6.54 Å². The lowest BCUT2D eigenvalue weighted by atomic mass is 10.1. The van der Waals surface area contributed by atoms with Crippen LogP contribution in [-0.4, -0.2) is 18.1 Å². The quantitative estimate of drug-likeness (QED) is 0.871. The molecule has 0 saturated heterocycles. The summed E-state index contributed by atoms with van der Waals surface area (Å²) >= 11 is 0. The first-order valence-electron chi connectivity index (χ1n) is 6.45. The number of amides is 1. The summed E-state index contributed by atoms with van der Waals surface area (Å²) < 4.78 is 5.73. The van der Waals surface area contributed by atoms with Crippen molar-refractivity contribution in [2.45, 2.75) is 46.1 Å². The Bertz CT molecular complexity index is 376. The van der Waals surface area contributed by atoms with E-state index in [9.17, 15) is 4.79 Å². The monoisotopic (exact) mass is 249 g/mol. The van der Waals surface area contributed by atoms with Crippen molar-refractivity contribution in [2.75, 3.05) is 6.54 Å². The highest BCUT2D eigenvalue weighted by Gasteiger charge is 2.11. The highest BCUT2D eigenvalue weighted by molar-refractivity contribution is 5.78. The summed E-state index contributed by atoms with van der Waals surface area (Å²) in [6.07, 6.45) is 1.39. The molecule has 1 aromatic carbocycles. The standard InChI is InChI=1S/C15H23NO2/c1-5-10-16-14(17)11-12-6-8-13(9-7-12)18-15(2,3)4/h6-9H,5,10-11H2,1-4H3,(H,16,17). The second-order valence-electron chi connectivity index (χ2n) is 5.39. The Kier molecular flexibility index (Phi) is 5.20. The zero-order chi connectivity index (χ0) is 13.6. The van der Waals surface area contributed by atoms with Crippen molar-refractivity contribution >= 4 is 5.91 Å². The minimum Gasteiger partial charge on any atom is -0.488 e. The minimum atomic E-state index is -0.194. The summed E-state index contributed by atoms with van der Waals surface area (Å²) in [5.74, 6) is 0.904. The lowest BCUT2D eigenvalue weighted by molar-refractivity contribution is -0.120. The van der Waals surface area contributed by atoms with Crippen molar-refractivity contribution in [3.8, 4) is 5.75 Å². The van der Waals surface area contributed by atoms with Gasteiger partial charge in [0.1, 0.15) is 11.4 Å². The maximum atomic E-state index is 11.5. The van der Waals surface area contributed by atoms with Crippen LogP contribution in [0.1, 0.15) is 39.7 Å². The van der Waals surface area contributed by atoms with Crippen LogP contribution in [0.4, 0.5) is 0 Å². The van der Waals surface area contributed by atoms with Crippen molar-refractivity contribution in [1.82, 2.24) is 5.32 Å². The zero-order valence-electron chi connectivity index (χ0n) is 11.7. The van der Waals surface area contributed by atoms with Crippen LogP contribution in [0.2, 0.25) is 0 Å². The maximum Gasteiger partial charge on any atom is 0.224 e. The van der Waals surface area contributed by atoms with E-state index in [1.54, 1.807) is 0 Å². The Balaban J connectivity index is 2.52. The lowest BCUT2D eigenvalue weighted by Gasteiger charge is -2.21. The van der Waals surface area contributed by atoms with Gasteiger partial charge in [0.15, 0.2) is 0 Å². The first kappa shape index (κ1) is 14.6. The van der Waals surface area contributed by atoms with E-state index in [1.807, 2.05) is 52.0 Å². The summed E-state index contributed by atoms with van der Waals surface area (Å²) in [5.41, 5.74) is 0.810. The number of carbonyl (C=O) groups is 1. The topological polar surface area (TPSA) is 38.3 Å². The molecule has 1 N–H and O–H groups in total. The van der Waals surface area contributed by atoms with Crippen LogP contribution in [0.3, 0.4) is 0 Å². The average Bonchev–Trinajstić information content (AvgIpc) is 2.27. The van der Waals surface area contributed by atoms with Crippen LogP contribution in [0.25, 0.3) is 0 Å². The maximum absolute atomic E-state index is 11.5. The van der Waals surface area contributed by atoms with Crippen molar-refractivity contribution in [1.29, 1.82) is 0 Å². The molecule has 100 valence electrons. The third kappa shape index (κ3) is 5.71. The van der Waals surface area contributed by atoms with Crippen LogP contribution >= 0.6 is 0 Å². The van der Waals surface area contributed by atoms with E-state index in [0.29, 0.717) is 6.42 Å². The molecule has 0 bridgehead atoms. The molecule has 0 saturated carbocycles. The number of hydrogen-bond donors (Lipinski definition) is 1. The SMILES string of the molecule is CCCNC(=O)Cc1ccc(OC(C)(C)C)cc1. The molecule has 0 spiro atoms. The van der Waals surface area contributed by atoms with Gasteiger partial charge in [-0.05, 0) is 44.9 Å². The van der Waals surface area contributed by atoms with Crippen LogP contribution in [0.15, 0.2) is 24.3 Å². The summed E-state index contributed by atoms with van der Waals surface area (Å²) in [6.45, 7) is 8.82. The van der Waals surface area contributed by atoms with Crippen molar-refractivity contribution < 1.29 is 9.53 Å². The van der Waals surface area contributed by atoms with Crippen LogP contribution < -0.4 is 10.1 Å². The average molecular weight is 249 g/mol. The molecule has 0 radical (unpaired) electrons. The van der Waals surface area contributed by atoms with Gasteiger partial charge in [-0.25, -0.2) is 0 Å². The molecule has 1 amide bonds. The van der Waals surface area contributed by atoms with Gasteiger partial charge in [-0.2, -0.15) is 0 Å². The van der Waals surface area contributed by atoms with Gasteiger partial charge < -0.3 is 10.1 Å². The Hall–Kier alpha value is -1.51. The molecule has 0 fully saturated rings. The van der Waals surface area contributed by atoms with Gasteiger partial charge in [-0.1, -0.05) is 19.1 Å². The predicted octanol–water partition coefficient (Wildman–Crippen LogP) is 2.93. The van der Waals surface area contributed by atoms with Crippen molar-refractivity contribution in [3.63, 3.8) is 0 Å². The molecule has 3 heteroatoms. The van der Waals surface area contributed by atoms with Crippen molar-refractivity contribution in [2.24, 2.45) is 0 Å². The first-order chi connectivity index (χ1) is 8.40. The van der Waals surface area contributed by atoms with E-state index in [-0.39, 0.29) is 11.5 Å². The second kappa shape index (κ2) is 6.43. The molecule has 0 heterocycles. The molecule has 0 aliphatic carbocycles. The number of carbonyl (C=O) groups excluding carboxylic acids is 1. The molecule has 18 heavy (non-hydrogen) atoms. The Morgan fingerprint density at radius 1 is 1.22 bits per heavy atom. The summed E-state index contributed by atoms with van der Waals surface area (Å²) in [7, 11) is 0. The molecule has 3 nitrogen and oxygen atoms in total. The smallest absolute Gasteiger partial charge is 0.224 e. The fourth-order valence-electron chi connectivity index (χ4n) is 1.54. The molecule has 0 unspecified atom stereocenters. The Labute approximate surface area is 110 Å². The van der Waals surface area contributed by atoms with Gasteiger partial charge in [0.25, 0.3) is 0 Å². The second-order valence-corrected chi connectivity index (χ2v) is 5.39. The van der Waals surface area contributed by atoms with E-state index in [1.165, 1.54) is 0 Å². The van der Waals surface area contributed by atoms with Gasteiger partial charge in [-0.15, -0.1) is 0 Å². The van der Waals surface area contributed by atoms with Crippen molar-refractivity contribution in [3.05, 3.63) is 29.8 Å². The normalized spacial score (nSPS) is 11.1. The number of ether oxygens (including phenoxy) is 1. The molecule has 0 atom stereocenters. The summed E-state index contributed by atoms with van der Waals surface area (Å²) in [5, 5.41) is 2.86. The molecule has 0 aliphatic rings. The van der Waals surface area contributed by atoms with E-state index in [0.717, 1.165) is 24.3 Å². The predicted molar refractivity (Wildman–Crippen MR) is 73.8 cm³/mol. The van der Waals surface area contributed by atoms with Crippen LogP contribution in [-0.2, 0) is 11.2 Å². The minimum absolute atomic E-state index is 0.0707. The summed E-state index contributed by atoms with van der Waals surface area (Å²) in [6, 6.07) is 7.70. The van der Waals surface area contributed by atoms with Gasteiger partial charge in [-0.3, -0.25) is 4.79 Å². The highest BCUT2D eigenvalue weighted by atomic mass is 16.5. The van der Waals surface area contributed by atoms with Gasteiger partial charge in [0.2, 0.25) is 5.91 Å². The number of nitrogens with one attached hydrogen (secondary N) is 1. The third-order valence-electron chi connectivity index (χ3n) is 2.28. The Morgan fingerprint density at radius 2 is 1.83 bits per heavy atom. The largest absolute Gasteiger partial charge is 0.488 e. The van der Waals surface area contributed by atoms with E-state index >= 15 is 0 Å². The lowest BCUT2D eigenvalue weighted by Crippen LogP contribution is -2.25. The van der Waals surface area contributed by atoms with Crippen LogP contribution in [0, 0.1) is 0 Å². The molecular formula is C15H23NO2. The van der Waals surface area contributed by atoms with E-state index in [2.05, 4.69) is 5.32 Å². The number of hydrogen-bond acceptors (Lipinski definition) is 2. The molecular weight excluding hydrogens is 226 g/mol. The van der Waals surface area contributed by atoms with E-state index < -0.39 is 0 Å².